The summed E-state index contributed by atoms with van der Waals surface area (Å²) in [6, 6.07) is 34.0. The zero-order valence-electron chi connectivity index (χ0n) is 19.2. The van der Waals surface area contributed by atoms with Crippen LogP contribution in [0.15, 0.2) is 115 Å². The highest BCUT2D eigenvalue weighted by Gasteiger charge is 2.14. The summed E-state index contributed by atoms with van der Waals surface area (Å²) in [5.74, 6) is 0.915. The number of aromatic nitrogens is 3. The van der Waals surface area contributed by atoms with Crippen LogP contribution in [0.3, 0.4) is 0 Å². The number of benzene rings is 3. The van der Waals surface area contributed by atoms with Crippen LogP contribution in [0.5, 0.6) is 0 Å². The Morgan fingerprint density at radius 2 is 1.52 bits per heavy atom. The molecule has 3 heterocycles. The van der Waals surface area contributed by atoms with Gasteiger partial charge in [-0.3, -0.25) is 9.55 Å². The average molecular weight is 444 g/mol. The quantitative estimate of drug-likeness (QED) is 0.299. The van der Waals surface area contributed by atoms with Crippen LogP contribution in [0.1, 0.15) is 1.37 Å². The smallest absolute Gasteiger partial charge is 0.137 e. The van der Waals surface area contributed by atoms with Crippen molar-refractivity contribution < 1.29 is 1.37 Å². The summed E-state index contributed by atoms with van der Waals surface area (Å²) in [6.07, 6.45) is 3.57. The van der Waals surface area contributed by atoms with Crippen molar-refractivity contribution in [3.8, 4) is 16.9 Å². The molecule has 0 saturated heterocycles. The summed E-state index contributed by atoms with van der Waals surface area (Å²) in [5.41, 5.74) is 5.62. The SMILES string of the molecule is [2H]c1ccnc(P(C)c2cccc(-c3ccc4c5ccccc5n(-c5ccccn5)c4c3)c2)c1. The molecule has 0 aliphatic carbocycles. The largest absolute Gasteiger partial charge is 0.294 e. The fraction of sp³-hybridized carbons (Fsp3) is 0.0345. The van der Waals surface area contributed by atoms with E-state index in [4.69, 9.17) is 1.37 Å². The molecule has 1 atom stereocenters. The summed E-state index contributed by atoms with van der Waals surface area (Å²) in [4.78, 5) is 9.17. The standard InChI is InChI=1S/C29H22N3P/c1-33(29-14-5-7-18-31-29)23-10-8-9-21(19-23)22-15-16-25-24-11-2-3-12-26(24)32(27(25)20-22)28-13-4-6-17-30-28/h2-20H,1H3/i5D. The number of para-hydroxylation sites is 1. The topological polar surface area (TPSA) is 30.7 Å². The van der Waals surface area contributed by atoms with Gasteiger partial charge in [0.1, 0.15) is 5.82 Å². The second-order valence-electron chi connectivity index (χ2n) is 8.00. The van der Waals surface area contributed by atoms with Crippen molar-refractivity contribution in [3.05, 3.63) is 115 Å². The third-order valence-corrected chi connectivity index (χ3v) is 8.04. The van der Waals surface area contributed by atoms with Gasteiger partial charge in [-0.05, 0) is 73.5 Å². The molecule has 0 aliphatic rings. The van der Waals surface area contributed by atoms with E-state index in [1.165, 1.54) is 27.2 Å². The molecule has 0 spiro atoms. The van der Waals surface area contributed by atoms with Crippen LogP contribution in [0.2, 0.25) is 0 Å². The maximum Gasteiger partial charge on any atom is 0.137 e. The van der Waals surface area contributed by atoms with Gasteiger partial charge in [-0.25, -0.2) is 4.98 Å². The number of rotatable bonds is 4. The Labute approximate surface area is 195 Å². The molecule has 0 bridgehead atoms. The van der Waals surface area contributed by atoms with Crippen molar-refractivity contribution in [2.75, 3.05) is 6.66 Å². The molecular weight excluding hydrogens is 421 g/mol. The molecule has 1 unspecified atom stereocenters. The molecule has 0 aliphatic heterocycles. The first kappa shape index (κ1) is 18.7. The summed E-state index contributed by atoms with van der Waals surface area (Å²) >= 11 is 0. The number of fused-ring (bicyclic) bond motifs is 3. The van der Waals surface area contributed by atoms with Crippen molar-refractivity contribution in [2.24, 2.45) is 0 Å². The van der Waals surface area contributed by atoms with E-state index >= 15 is 0 Å². The van der Waals surface area contributed by atoms with Crippen molar-refractivity contribution in [2.45, 2.75) is 0 Å². The lowest BCUT2D eigenvalue weighted by molar-refractivity contribution is 1.08. The number of nitrogens with zero attached hydrogens (tertiary/aromatic N) is 3. The summed E-state index contributed by atoms with van der Waals surface area (Å²) in [7, 11) is -0.633. The fourth-order valence-corrected chi connectivity index (χ4v) is 5.82. The van der Waals surface area contributed by atoms with Crippen LogP contribution in [0, 0.1) is 0 Å². The molecule has 3 nitrogen and oxygen atoms in total. The summed E-state index contributed by atoms with van der Waals surface area (Å²) in [6.45, 7) is 2.21. The van der Waals surface area contributed by atoms with Crippen LogP contribution in [0.4, 0.5) is 0 Å². The molecule has 4 heteroatoms. The van der Waals surface area contributed by atoms with E-state index in [0.29, 0.717) is 6.04 Å². The van der Waals surface area contributed by atoms with Gasteiger partial charge < -0.3 is 0 Å². The Kier molecular flexibility index (Phi) is 4.70. The predicted octanol–water partition coefficient (Wildman–Crippen LogP) is 6.30. The van der Waals surface area contributed by atoms with E-state index in [-0.39, 0.29) is 0 Å². The molecule has 0 fully saturated rings. The molecule has 158 valence electrons. The fourth-order valence-electron chi connectivity index (χ4n) is 4.41. The van der Waals surface area contributed by atoms with Gasteiger partial charge in [0.05, 0.1) is 17.8 Å². The summed E-state index contributed by atoms with van der Waals surface area (Å²) in [5, 5.41) is 3.69. The Bertz CT molecular complexity index is 1640. The van der Waals surface area contributed by atoms with Gasteiger partial charge in [-0.2, -0.15) is 0 Å². The van der Waals surface area contributed by atoms with Crippen molar-refractivity contribution in [3.63, 3.8) is 0 Å². The van der Waals surface area contributed by atoms with Gasteiger partial charge >= 0.3 is 0 Å². The van der Waals surface area contributed by atoms with Gasteiger partial charge in [0.25, 0.3) is 0 Å². The molecule has 3 aromatic heterocycles. The van der Waals surface area contributed by atoms with Gasteiger partial charge in [-0.1, -0.05) is 60.6 Å². The Hall–Kier alpha value is -3.81. The number of hydrogen-bond acceptors (Lipinski definition) is 2. The Balaban J connectivity index is 1.50. The maximum absolute atomic E-state index is 7.95. The normalized spacial score (nSPS) is 12.7. The molecule has 0 N–H and O–H groups in total. The number of pyridine rings is 2. The van der Waals surface area contributed by atoms with Crippen molar-refractivity contribution >= 4 is 40.5 Å². The second-order valence-corrected chi connectivity index (χ2v) is 10.1. The van der Waals surface area contributed by atoms with Crippen LogP contribution in [0.25, 0.3) is 38.8 Å². The first-order chi connectivity index (χ1) is 16.7. The van der Waals surface area contributed by atoms with E-state index in [1.54, 1.807) is 12.3 Å². The van der Waals surface area contributed by atoms with Crippen LogP contribution < -0.4 is 10.7 Å². The molecule has 0 radical (unpaired) electrons. The van der Waals surface area contributed by atoms with Gasteiger partial charge in [0.2, 0.25) is 0 Å². The third-order valence-electron chi connectivity index (χ3n) is 6.05. The van der Waals surface area contributed by atoms with E-state index in [1.807, 2.05) is 24.4 Å². The Morgan fingerprint density at radius 3 is 2.39 bits per heavy atom. The minimum atomic E-state index is -0.633. The van der Waals surface area contributed by atoms with E-state index in [2.05, 4.69) is 94.0 Å². The van der Waals surface area contributed by atoms with Gasteiger partial charge in [0.15, 0.2) is 0 Å². The van der Waals surface area contributed by atoms with Gasteiger partial charge in [0, 0.05) is 23.2 Å². The lowest BCUT2D eigenvalue weighted by Crippen LogP contribution is -2.13. The lowest BCUT2D eigenvalue weighted by atomic mass is 10.0. The van der Waals surface area contributed by atoms with Crippen LogP contribution in [-0.2, 0) is 0 Å². The highest BCUT2D eigenvalue weighted by atomic mass is 31.1. The predicted molar refractivity (Wildman–Crippen MR) is 140 cm³/mol. The average Bonchev–Trinajstić information content (AvgIpc) is 3.22. The van der Waals surface area contributed by atoms with E-state index in [0.717, 1.165) is 22.3 Å². The van der Waals surface area contributed by atoms with Crippen molar-refractivity contribution in [1.29, 1.82) is 0 Å². The molecular formula is C29H22N3P. The van der Waals surface area contributed by atoms with E-state index in [9.17, 15) is 0 Å². The van der Waals surface area contributed by atoms with Gasteiger partial charge in [-0.15, -0.1) is 0 Å². The molecule has 6 rings (SSSR count). The third kappa shape index (κ3) is 3.51. The molecule has 0 saturated carbocycles. The first-order valence-corrected chi connectivity index (χ1v) is 12.7. The molecule has 3 aromatic carbocycles. The van der Waals surface area contributed by atoms with Crippen LogP contribution >= 0.6 is 7.92 Å². The highest BCUT2D eigenvalue weighted by molar-refractivity contribution is 7.72. The van der Waals surface area contributed by atoms with Crippen molar-refractivity contribution in [1.82, 2.24) is 14.5 Å². The molecule has 0 amide bonds. The zero-order valence-corrected chi connectivity index (χ0v) is 19.1. The second kappa shape index (κ2) is 8.27. The first-order valence-electron chi connectivity index (χ1n) is 11.4. The molecule has 6 aromatic rings. The Morgan fingerprint density at radius 1 is 0.697 bits per heavy atom. The van der Waals surface area contributed by atoms with Crippen LogP contribution in [-0.4, -0.2) is 21.2 Å². The monoisotopic (exact) mass is 444 g/mol. The minimum Gasteiger partial charge on any atom is -0.294 e. The lowest BCUT2D eigenvalue weighted by Gasteiger charge is -2.13. The highest BCUT2D eigenvalue weighted by Crippen LogP contribution is 2.35. The maximum atomic E-state index is 7.95. The summed E-state index contributed by atoms with van der Waals surface area (Å²) < 4.78 is 10.2. The van der Waals surface area contributed by atoms with E-state index < -0.39 is 7.92 Å². The minimum absolute atomic E-state index is 0.503. The number of hydrogen-bond donors (Lipinski definition) is 0. The zero-order chi connectivity index (χ0) is 23.1. The molecule has 33 heavy (non-hydrogen) atoms.